The summed E-state index contributed by atoms with van der Waals surface area (Å²) in [6.45, 7) is 0. The van der Waals surface area contributed by atoms with Gasteiger partial charge >= 0.3 is 0 Å². The van der Waals surface area contributed by atoms with Crippen molar-refractivity contribution in [2.45, 2.75) is 37.8 Å². The maximum Gasteiger partial charge on any atom is 0.278 e. The first-order valence-corrected chi connectivity index (χ1v) is 8.17. The largest absolute Gasteiger partial charge is 0.477 e. The Kier molecular flexibility index (Phi) is 5.27. The zero-order valence-electron chi connectivity index (χ0n) is 13.9. The van der Waals surface area contributed by atoms with Gasteiger partial charge in [0.1, 0.15) is 11.7 Å². The van der Waals surface area contributed by atoms with Crippen LogP contribution in [0.2, 0.25) is 0 Å². The van der Waals surface area contributed by atoms with Gasteiger partial charge in [-0.15, -0.1) is 0 Å². The van der Waals surface area contributed by atoms with Crippen LogP contribution in [-0.2, 0) is 0 Å². The van der Waals surface area contributed by atoms with Crippen molar-refractivity contribution in [1.82, 2.24) is 20.3 Å². The molecule has 8 heteroatoms. The zero-order valence-corrected chi connectivity index (χ0v) is 13.9. The SMILES string of the molecule is COc1nccnc1OC1CCC(NC(=O)c2ccc[nH]c2=O)CC1. The quantitative estimate of drug-likeness (QED) is 0.847. The van der Waals surface area contributed by atoms with Gasteiger partial charge in [0, 0.05) is 24.6 Å². The van der Waals surface area contributed by atoms with Crippen molar-refractivity contribution >= 4 is 5.91 Å². The first kappa shape index (κ1) is 16.9. The molecular weight excluding hydrogens is 324 g/mol. The average Bonchev–Trinajstić information content (AvgIpc) is 2.64. The first-order chi connectivity index (χ1) is 12.2. The highest BCUT2D eigenvalue weighted by molar-refractivity contribution is 5.93. The Labute approximate surface area is 144 Å². The molecule has 25 heavy (non-hydrogen) atoms. The molecule has 1 amide bonds. The Bertz CT molecular complexity index is 784. The molecule has 0 saturated heterocycles. The molecule has 0 bridgehead atoms. The maximum atomic E-state index is 12.2. The van der Waals surface area contributed by atoms with Crippen molar-refractivity contribution in [3.05, 3.63) is 46.6 Å². The number of ether oxygens (including phenoxy) is 2. The Morgan fingerprint density at radius 2 is 1.92 bits per heavy atom. The third kappa shape index (κ3) is 4.14. The van der Waals surface area contributed by atoms with E-state index in [1.807, 2.05) is 0 Å². The topological polar surface area (TPSA) is 106 Å². The van der Waals surface area contributed by atoms with Gasteiger partial charge in [0.05, 0.1) is 7.11 Å². The monoisotopic (exact) mass is 344 g/mol. The average molecular weight is 344 g/mol. The summed E-state index contributed by atoms with van der Waals surface area (Å²) in [5, 5.41) is 2.92. The third-order valence-electron chi connectivity index (χ3n) is 4.18. The van der Waals surface area contributed by atoms with Crippen LogP contribution < -0.4 is 20.3 Å². The van der Waals surface area contributed by atoms with Crippen LogP contribution in [0.15, 0.2) is 35.5 Å². The van der Waals surface area contributed by atoms with Crippen molar-refractivity contribution in [2.24, 2.45) is 0 Å². The number of amides is 1. The molecule has 0 unspecified atom stereocenters. The van der Waals surface area contributed by atoms with E-state index >= 15 is 0 Å². The summed E-state index contributed by atoms with van der Waals surface area (Å²) in [5.41, 5.74) is -0.253. The third-order valence-corrected chi connectivity index (χ3v) is 4.18. The van der Waals surface area contributed by atoms with Gasteiger partial charge < -0.3 is 19.8 Å². The molecule has 0 radical (unpaired) electrons. The van der Waals surface area contributed by atoms with Crippen LogP contribution in [0.25, 0.3) is 0 Å². The predicted octanol–water partition coefficient (Wildman–Crippen LogP) is 1.29. The molecule has 1 aliphatic carbocycles. The highest BCUT2D eigenvalue weighted by atomic mass is 16.5. The van der Waals surface area contributed by atoms with Crippen LogP contribution in [0.1, 0.15) is 36.0 Å². The van der Waals surface area contributed by atoms with Crippen molar-refractivity contribution in [3.8, 4) is 11.8 Å². The lowest BCUT2D eigenvalue weighted by molar-refractivity contribution is 0.0885. The van der Waals surface area contributed by atoms with E-state index in [4.69, 9.17) is 9.47 Å². The van der Waals surface area contributed by atoms with Gasteiger partial charge in [-0.1, -0.05) is 0 Å². The molecular formula is C17H20N4O4. The van der Waals surface area contributed by atoms with E-state index in [0.29, 0.717) is 11.8 Å². The van der Waals surface area contributed by atoms with E-state index in [-0.39, 0.29) is 29.2 Å². The second kappa shape index (κ2) is 7.78. The Morgan fingerprint density at radius 1 is 1.20 bits per heavy atom. The Hall–Kier alpha value is -2.90. The van der Waals surface area contributed by atoms with Gasteiger partial charge in [0.2, 0.25) is 0 Å². The Balaban J connectivity index is 1.53. The molecule has 8 nitrogen and oxygen atoms in total. The number of nitrogens with zero attached hydrogens (tertiary/aromatic N) is 2. The summed E-state index contributed by atoms with van der Waals surface area (Å²) in [5.74, 6) is 0.399. The minimum absolute atomic E-state index is 0.00104. The Morgan fingerprint density at radius 3 is 2.60 bits per heavy atom. The molecule has 0 aromatic carbocycles. The number of aromatic nitrogens is 3. The minimum atomic E-state index is -0.383. The molecule has 0 aliphatic heterocycles. The molecule has 0 spiro atoms. The summed E-state index contributed by atoms with van der Waals surface area (Å²) in [6.07, 6.45) is 7.69. The molecule has 2 aromatic heterocycles. The molecule has 132 valence electrons. The predicted molar refractivity (Wildman–Crippen MR) is 89.8 cm³/mol. The van der Waals surface area contributed by atoms with Crippen LogP contribution in [0.4, 0.5) is 0 Å². The van der Waals surface area contributed by atoms with Crippen LogP contribution in [-0.4, -0.2) is 40.1 Å². The van der Waals surface area contributed by atoms with Gasteiger partial charge in [-0.05, 0) is 37.8 Å². The molecule has 2 heterocycles. The lowest BCUT2D eigenvalue weighted by Crippen LogP contribution is -2.41. The normalized spacial score (nSPS) is 19.9. The van der Waals surface area contributed by atoms with Crippen LogP contribution in [0.5, 0.6) is 11.8 Å². The summed E-state index contributed by atoms with van der Waals surface area (Å²) in [7, 11) is 1.52. The molecule has 2 aromatic rings. The van der Waals surface area contributed by atoms with E-state index in [9.17, 15) is 9.59 Å². The zero-order chi connectivity index (χ0) is 17.6. The fourth-order valence-electron chi connectivity index (χ4n) is 2.88. The summed E-state index contributed by atoms with van der Waals surface area (Å²) in [4.78, 5) is 34.6. The first-order valence-electron chi connectivity index (χ1n) is 8.17. The number of H-pyrrole nitrogens is 1. The number of hydrogen-bond acceptors (Lipinski definition) is 6. The van der Waals surface area contributed by atoms with E-state index in [1.54, 1.807) is 18.5 Å². The lowest BCUT2D eigenvalue weighted by atomic mass is 9.92. The summed E-state index contributed by atoms with van der Waals surface area (Å²) >= 11 is 0. The summed E-state index contributed by atoms with van der Waals surface area (Å²) in [6, 6.07) is 3.18. The standard InChI is InChI=1S/C17H20N4O4/c1-24-16-17(20-10-9-19-16)25-12-6-4-11(5-7-12)21-15(23)13-3-2-8-18-14(13)22/h2-3,8-12H,4-7H2,1H3,(H,18,22)(H,21,23). The van der Waals surface area contributed by atoms with Crippen molar-refractivity contribution < 1.29 is 14.3 Å². The number of nitrogens with one attached hydrogen (secondary N) is 2. The van der Waals surface area contributed by atoms with E-state index in [1.165, 1.54) is 19.4 Å². The van der Waals surface area contributed by atoms with Gasteiger partial charge in [-0.3, -0.25) is 9.59 Å². The fraction of sp³-hybridized carbons (Fsp3) is 0.412. The number of rotatable bonds is 5. The van der Waals surface area contributed by atoms with Crippen molar-refractivity contribution in [1.29, 1.82) is 0 Å². The highest BCUT2D eigenvalue weighted by Gasteiger charge is 2.25. The second-order valence-electron chi connectivity index (χ2n) is 5.85. The van der Waals surface area contributed by atoms with Gasteiger partial charge in [0.15, 0.2) is 0 Å². The number of carbonyl (C=O) groups excluding carboxylic acids is 1. The number of pyridine rings is 1. The molecule has 1 aliphatic rings. The van der Waals surface area contributed by atoms with Crippen molar-refractivity contribution in [2.75, 3.05) is 7.11 Å². The minimum Gasteiger partial charge on any atom is -0.477 e. The molecule has 1 saturated carbocycles. The van der Waals surface area contributed by atoms with Gasteiger partial charge in [-0.25, -0.2) is 9.97 Å². The van der Waals surface area contributed by atoms with Crippen LogP contribution >= 0.6 is 0 Å². The number of carbonyl (C=O) groups is 1. The van der Waals surface area contributed by atoms with Crippen LogP contribution in [0.3, 0.4) is 0 Å². The molecule has 1 fully saturated rings. The number of methoxy groups -OCH3 is 1. The van der Waals surface area contributed by atoms with Gasteiger partial charge in [-0.2, -0.15) is 0 Å². The lowest BCUT2D eigenvalue weighted by Gasteiger charge is -2.29. The van der Waals surface area contributed by atoms with E-state index < -0.39 is 0 Å². The smallest absolute Gasteiger partial charge is 0.278 e. The fourth-order valence-corrected chi connectivity index (χ4v) is 2.88. The molecule has 3 rings (SSSR count). The molecule has 0 atom stereocenters. The highest BCUT2D eigenvalue weighted by Crippen LogP contribution is 2.27. The number of aromatic amines is 1. The van der Waals surface area contributed by atoms with E-state index in [0.717, 1.165) is 25.7 Å². The van der Waals surface area contributed by atoms with Crippen molar-refractivity contribution in [3.63, 3.8) is 0 Å². The van der Waals surface area contributed by atoms with Gasteiger partial charge in [0.25, 0.3) is 23.2 Å². The molecule has 2 N–H and O–H groups in total. The van der Waals surface area contributed by atoms with E-state index in [2.05, 4.69) is 20.3 Å². The van der Waals surface area contributed by atoms with Crippen LogP contribution in [0, 0.1) is 0 Å². The second-order valence-corrected chi connectivity index (χ2v) is 5.85. The number of hydrogen-bond donors (Lipinski definition) is 2. The maximum absolute atomic E-state index is 12.2. The summed E-state index contributed by atoms with van der Waals surface area (Å²) < 4.78 is 11.0.